The van der Waals surface area contributed by atoms with Crippen molar-refractivity contribution in [2.75, 3.05) is 18.4 Å². The Morgan fingerprint density at radius 3 is 2.92 bits per heavy atom. The van der Waals surface area contributed by atoms with Crippen LogP contribution >= 0.6 is 0 Å². The van der Waals surface area contributed by atoms with E-state index in [1.165, 1.54) is 12.0 Å². The molecule has 3 rings (SSSR count). The summed E-state index contributed by atoms with van der Waals surface area (Å²) in [6.07, 6.45) is 8.22. The van der Waals surface area contributed by atoms with Gasteiger partial charge < -0.3 is 10.2 Å². The molecular formula is C19H25N5O. The summed E-state index contributed by atoms with van der Waals surface area (Å²) in [4.78, 5) is 14.7. The smallest absolute Gasteiger partial charge is 0.223 e. The lowest BCUT2D eigenvalue weighted by Crippen LogP contribution is -2.40. The average molecular weight is 339 g/mol. The standard InChI is InChI=1S/C19H25N5O/c1-14-5-4-10-24(13-14)19(25)11-15-6-2-3-7-17(15)21-18-9-8-16(12-20)22-23-18/h5,8-9,15,17H,2-4,6-7,10-11,13H2,1H3,(H,21,23)/t15-,17-/m0/s1. The molecule has 1 amide bonds. The van der Waals surface area contributed by atoms with Crippen molar-refractivity contribution in [2.45, 2.75) is 51.5 Å². The lowest BCUT2D eigenvalue weighted by Gasteiger charge is -2.34. The number of carbonyl (C=O) groups excluding carboxylic acids is 1. The highest BCUT2D eigenvalue weighted by atomic mass is 16.2. The van der Waals surface area contributed by atoms with Gasteiger partial charge in [0, 0.05) is 25.6 Å². The van der Waals surface area contributed by atoms with Crippen molar-refractivity contribution in [2.24, 2.45) is 5.92 Å². The predicted molar refractivity (Wildman–Crippen MR) is 95.7 cm³/mol. The fraction of sp³-hybridized carbons (Fsp3) is 0.579. The van der Waals surface area contributed by atoms with Crippen molar-refractivity contribution in [1.29, 1.82) is 5.26 Å². The molecule has 25 heavy (non-hydrogen) atoms. The number of anilines is 1. The molecule has 2 heterocycles. The molecule has 132 valence electrons. The van der Waals surface area contributed by atoms with Crippen molar-refractivity contribution < 1.29 is 4.79 Å². The number of hydrogen-bond donors (Lipinski definition) is 1. The highest BCUT2D eigenvalue weighted by Gasteiger charge is 2.29. The Bertz CT molecular complexity index is 676. The minimum absolute atomic E-state index is 0.237. The van der Waals surface area contributed by atoms with Gasteiger partial charge in [-0.1, -0.05) is 24.5 Å². The van der Waals surface area contributed by atoms with Crippen LogP contribution in [0.25, 0.3) is 0 Å². The zero-order valence-electron chi connectivity index (χ0n) is 14.7. The molecule has 1 saturated carbocycles. The van der Waals surface area contributed by atoms with Crippen LogP contribution in [0.3, 0.4) is 0 Å². The number of nitrogens with one attached hydrogen (secondary N) is 1. The number of nitrogens with zero attached hydrogens (tertiary/aromatic N) is 4. The molecule has 0 spiro atoms. The second-order valence-electron chi connectivity index (χ2n) is 7.07. The summed E-state index contributed by atoms with van der Waals surface area (Å²) >= 11 is 0. The topological polar surface area (TPSA) is 81.9 Å². The van der Waals surface area contributed by atoms with E-state index in [0.29, 0.717) is 23.9 Å². The lowest BCUT2D eigenvalue weighted by molar-refractivity contribution is -0.132. The first-order valence-corrected chi connectivity index (χ1v) is 9.09. The van der Waals surface area contributed by atoms with E-state index in [1.54, 1.807) is 12.1 Å². The van der Waals surface area contributed by atoms with Crippen LogP contribution in [-0.4, -0.2) is 40.1 Å². The molecule has 1 fully saturated rings. The number of hydrogen-bond acceptors (Lipinski definition) is 5. The molecule has 0 unspecified atom stereocenters. The summed E-state index contributed by atoms with van der Waals surface area (Å²) in [5.74, 6) is 1.27. The van der Waals surface area contributed by atoms with E-state index in [-0.39, 0.29) is 11.9 Å². The molecule has 6 heteroatoms. The molecule has 1 aliphatic heterocycles. The first-order chi connectivity index (χ1) is 12.2. The van der Waals surface area contributed by atoms with Gasteiger partial charge in [0.25, 0.3) is 0 Å². The van der Waals surface area contributed by atoms with Gasteiger partial charge in [0.1, 0.15) is 11.9 Å². The third-order valence-corrected chi connectivity index (χ3v) is 5.14. The number of amides is 1. The van der Waals surface area contributed by atoms with Gasteiger partial charge in [-0.15, -0.1) is 10.2 Å². The molecule has 0 bridgehead atoms. The normalized spacial score (nSPS) is 23.5. The van der Waals surface area contributed by atoms with Crippen LogP contribution in [0, 0.1) is 17.2 Å². The average Bonchev–Trinajstić information content (AvgIpc) is 2.64. The Balaban J connectivity index is 1.61. The predicted octanol–water partition coefficient (Wildman–Crippen LogP) is 2.89. The fourth-order valence-corrected chi connectivity index (χ4v) is 3.78. The van der Waals surface area contributed by atoms with Gasteiger partial charge in [-0.2, -0.15) is 5.26 Å². The van der Waals surface area contributed by atoms with Crippen LogP contribution in [0.2, 0.25) is 0 Å². The zero-order valence-corrected chi connectivity index (χ0v) is 14.7. The molecule has 1 aliphatic carbocycles. The van der Waals surface area contributed by atoms with Gasteiger partial charge in [-0.05, 0) is 44.2 Å². The maximum absolute atomic E-state index is 12.7. The van der Waals surface area contributed by atoms with Gasteiger partial charge in [0.05, 0.1) is 0 Å². The zero-order chi connectivity index (χ0) is 17.6. The maximum atomic E-state index is 12.7. The Hall–Kier alpha value is -2.42. The SMILES string of the molecule is CC1=CCCN(C(=O)C[C@@H]2CCCC[C@@H]2Nc2ccc(C#N)nn2)C1. The van der Waals surface area contributed by atoms with Crippen molar-refractivity contribution >= 4 is 11.7 Å². The minimum atomic E-state index is 0.237. The van der Waals surface area contributed by atoms with E-state index in [4.69, 9.17) is 5.26 Å². The minimum Gasteiger partial charge on any atom is -0.366 e. The largest absolute Gasteiger partial charge is 0.366 e. The van der Waals surface area contributed by atoms with Gasteiger partial charge in [-0.25, -0.2) is 0 Å². The first-order valence-electron chi connectivity index (χ1n) is 9.09. The van der Waals surface area contributed by atoms with Crippen LogP contribution in [0.5, 0.6) is 0 Å². The van der Waals surface area contributed by atoms with Crippen LogP contribution < -0.4 is 5.32 Å². The van der Waals surface area contributed by atoms with Crippen LogP contribution in [-0.2, 0) is 4.79 Å². The first kappa shape index (κ1) is 17.4. The molecule has 0 saturated heterocycles. The number of rotatable bonds is 4. The Kier molecular flexibility index (Phi) is 5.64. The molecule has 6 nitrogen and oxygen atoms in total. The Labute approximate surface area is 148 Å². The van der Waals surface area contributed by atoms with Crippen LogP contribution in [0.4, 0.5) is 5.82 Å². The van der Waals surface area contributed by atoms with Gasteiger partial charge in [-0.3, -0.25) is 4.79 Å². The van der Waals surface area contributed by atoms with E-state index in [0.717, 1.165) is 38.8 Å². The van der Waals surface area contributed by atoms with E-state index in [2.05, 4.69) is 28.5 Å². The summed E-state index contributed by atoms with van der Waals surface area (Å²) < 4.78 is 0. The third-order valence-electron chi connectivity index (χ3n) is 5.14. The van der Waals surface area contributed by atoms with Crippen molar-refractivity contribution in [3.63, 3.8) is 0 Å². The summed E-state index contributed by atoms with van der Waals surface area (Å²) in [5.41, 5.74) is 1.60. The van der Waals surface area contributed by atoms with Gasteiger partial charge >= 0.3 is 0 Å². The van der Waals surface area contributed by atoms with Crippen molar-refractivity contribution in [3.8, 4) is 6.07 Å². The number of aromatic nitrogens is 2. The molecule has 0 aromatic carbocycles. The monoisotopic (exact) mass is 339 g/mol. The van der Waals surface area contributed by atoms with Crippen molar-refractivity contribution in [3.05, 3.63) is 29.5 Å². The number of nitriles is 1. The highest BCUT2D eigenvalue weighted by molar-refractivity contribution is 5.77. The second kappa shape index (κ2) is 8.11. The molecular weight excluding hydrogens is 314 g/mol. The third kappa shape index (κ3) is 4.56. The lowest BCUT2D eigenvalue weighted by atomic mass is 9.82. The van der Waals surface area contributed by atoms with Crippen LogP contribution in [0.15, 0.2) is 23.8 Å². The molecule has 0 radical (unpaired) electrons. The van der Waals surface area contributed by atoms with Gasteiger partial charge in [0.15, 0.2) is 5.69 Å². The van der Waals surface area contributed by atoms with Crippen LogP contribution in [0.1, 0.15) is 51.1 Å². The molecule has 1 aromatic rings. The van der Waals surface area contributed by atoms with E-state index >= 15 is 0 Å². The van der Waals surface area contributed by atoms with E-state index in [1.807, 2.05) is 11.0 Å². The summed E-state index contributed by atoms with van der Waals surface area (Å²) in [7, 11) is 0. The summed E-state index contributed by atoms with van der Waals surface area (Å²) in [6.45, 7) is 3.70. The maximum Gasteiger partial charge on any atom is 0.223 e. The quantitative estimate of drug-likeness (QED) is 0.853. The van der Waals surface area contributed by atoms with E-state index < -0.39 is 0 Å². The Morgan fingerprint density at radius 1 is 1.36 bits per heavy atom. The molecule has 1 aromatic heterocycles. The van der Waals surface area contributed by atoms with Crippen molar-refractivity contribution in [1.82, 2.24) is 15.1 Å². The Morgan fingerprint density at radius 2 is 2.20 bits per heavy atom. The molecule has 1 N–H and O–H groups in total. The summed E-state index contributed by atoms with van der Waals surface area (Å²) in [6, 6.07) is 5.67. The summed E-state index contributed by atoms with van der Waals surface area (Å²) in [5, 5.41) is 20.2. The molecule has 2 atom stereocenters. The second-order valence-corrected chi connectivity index (χ2v) is 7.07. The van der Waals surface area contributed by atoms with E-state index in [9.17, 15) is 4.79 Å². The fourth-order valence-electron chi connectivity index (χ4n) is 3.78. The number of carbonyl (C=O) groups is 1. The highest BCUT2D eigenvalue weighted by Crippen LogP contribution is 2.30. The molecule has 2 aliphatic rings. The van der Waals surface area contributed by atoms with Gasteiger partial charge in [0.2, 0.25) is 5.91 Å².